The number of rotatable bonds is 8. The SMILES string of the molecule is COc1ccccc1NCC(=O)NNC(=O)C(C)Oc1cc(C(C)C)ccc1C. The zero-order valence-corrected chi connectivity index (χ0v) is 17.5. The Balaban J connectivity index is 1.84. The third-order valence-corrected chi connectivity index (χ3v) is 4.42. The maximum atomic E-state index is 12.3. The molecule has 2 amide bonds. The van der Waals surface area contributed by atoms with E-state index in [1.807, 2.05) is 37.3 Å². The third-order valence-electron chi connectivity index (χ3n) is 4.42. The fraction of sp³-hybridized carbons (Fsp3) is 0.364. The lowest BCUT2D eigenvalue weighted by molar-refractivity contribution is -0.132. The Bertz CT molecular complexity index is 852. The van der Waals surface area contributed by atoms with E-state index < -0.39 is 17.9 Å². The molecular formula is C22H29N3O4. The number of anilines is 1. The van der Waals surface area contributed by atoms with Crippen LogP contribution in [0.5, 0.6) is 11.5 Å². The molecule has 0 fully saturated rings. The van der Waals surface area contributed by atoms with Gasteiger partial charge < -0.3 is 14.8 Å². The number of methoxy groups -OCH3 is 1. The molecule has 0 saturated heterocycles. The van der Waals surface area contributed by atoms with Crippen molar-refractivity contribution in [3.63, 3.8) is 0 Å². The summed E-state index contributed by atoms with van der Waals surface area (Å²) in [7, 11) is 1.56. The zero-order chi connectivity index (χ0) is 21.4. The van der Waals surface area contributed by atoms with E-state index in [1.165, 1.54) is 0 Å². The van der Waals surface area contributed by atoms with E-state index >= 15 is 0 Å². The van der Waals surface area contributed by atoms with Crippen LogP contribution in [0.3, 0.4) is 0 Å². The monoisotopic (exact) mass is 399 g/mol. The van der Waals surface area contributed by atoms with Crippen molar-refractivity contribution in [1.29, 1.82) is 0 Å². The van der Waals surface area contributed by atoms with Gasteiger partial charge in [0.05, 0.1) is 19.3 Å². The fourth-order valence-electron chi connectivity index (χ4n) is 2.59. The fourth-order valence-corrected chi connectivity index (χ4v) is 2.59. The van der Waals surface area contributed by atoms with Crippen LogP contribution in [-0.2, 0) is 9.59 Å². The number of carbonyl (C=O) groups excluding carboxylic acids is 2. The highest BCUT2D eigenvalue weighted by atomic mass is 16.5. The quantitative estimate of drug-likeness (QED) is 0.594. The van der Waals surface area contributed by atoms with Crippen molar-refractivity contribution >= 4 is 17.5 Å². The summed E-state index contributed by atoms with van der Waals surface area (Å²) in [6, 6.07) is 13.2. The molecule has 2 aromatic carbocycles. The minimum atomic E-state index is -0.765. The van der Waals surface area contributed by atoms with Crippen LogP contribution >= 0.6 is 0 Å². The second-order valence-corrected chi connectivity index (χ2v) is 7.03. The minimum absolute atomic E-state index is 0.0224. The van der Waals surface area contributed by atoms with E-state index in [4.69, 9.17) is 9.47 Å². The Hall–Kier alpha value is -3.22. The summed E-state index contributed by atoms with van der Waals surface area (Å²) in [5.74, 6) is 0.810. The summed E-state index contributed by atoms with van der Waals surface area (Å²) >= 11 is 0. The average Bonchev–Trinajstić information content (AvgIpc) is 2.71. The number of para-hydroxylation sites is 2. The van der Waals surface area contributed by atoms with Gasteiger partial charge >= 0.3 is 0 Å². The first-order valence-electron chi connectivity index (χ1n) is 9.54. The number of benzene rings is 2. The third kappa shape index (κ3) is 6.41. The Morgan fingerprint density at radius 3 is 2.41 bits per heavy atom. The summed E-state index contributed by atoms with van der Waals surface area (Å²) in [4.78, 5) is 24.3. The Labute approximate surface area is 171 Å². The highest BCUT2D eigenvalue weighted by molar-refractivity contribution is 5.86. The van der Waals surface area contributed by atoms with Crippen LogP contribution < -0.4 is 25.6 Å². The number of hydrazine groups is 1. The van der Waals surface area contributed by atoms with E-state index in [0.29, 0.717) is 23.1 Å². The number of nitrogens with one attached hydrogen (secondary N) is 3. The molecule has 29 heavy (non-hydrogen) atoms. The van der Waals surface area contributed by atoms with Crippen molar-refractivity contribution in [2.24, 2.45) is 0 Å². The van der Waals surface area contributed by atoms with Gasteiger partial charge in [-0.25, -0.2) is 0 Å². The highest BCUT2D eigenvalue weighted by Gasteiger charge is 2.17. The number of hydrogen-bond acceptors (Lipinski definition) is 5. The lowest BCUT2D eigenvalue weighted by Gasteiger charge is -2.18. The molecule has 0 aliphatic heterocycles. The van der Waals surface area contributed by atoms with E-state index in [2.05, 4.69) is 30.0 Å². The predicted molar refractivity (Wildman–Crippen MR) is 113 cm³/mol. The van der Waals surface area contributed by atoms with Gasteiger partial charge in [0.15, 0.2) is 6.10 Å². The first-order valence-corrected chi connectivity index (χ1v) is 9.54. The van der Waals surface area contributed by atoms with Crippen LogP contribution in [0.25, 0.3) is 0 Å². The van der Waals surface area contributed by atoms with Gasteiger partial charge in [0.2, 0.25) is 0 Å². The molecule has 2 rings (SSSR count). The Kier molecular flexibility index (Phi) is 7.88. The van der Waals surface area contributed by atoms with E-state index in [9.17, 15) is 9.59 Å². The predicted octanol–water partition coefficient (Wildman–Crippen LogP) is 3.15. The van der Waals surface area contributed by atoms with Crippen molar-refractivity contribution in [1.82, 2.24) is 10.9 Å². The topological polar surface area (TPSA) is 88.7 Å². The molecule has 0 radical (unpaired) electrons. The summed E-state index contributed by atoms with van der Waals surface area (Å²) < 4.78 is 11.0. The average molecular weight is 399 g/mol. The van der Waals surface area contributed by atoms with Crippen LogP contribution in [0.1, 0.15) is 37.8 Å². The number of carbonyl (C=O) groups is 2. The zero-order valence-electron chi connectivity index (χ0n) is 17.5. The van der Waals surface area contributed by atoms with Crippen LogP contribution in [0, 0.1) is 6.92 Å². The Morgan fingerprint density at radius 2 is 1.72 bits per heavy atom. The van der Waals surface area contributed by atoms with Gasteiger partial charge in [-0.3, -0.25) is 20.4 Å². The summed E-state index contributed by atoms with van der Waals surface area (Å²) in [6.07, 6.45) is -0.765. The van der Waals surface area contributed by atoms with Gasteiger partial charge in [-0.1, -0.05) is 38.1 Å². The molecule has 7 nitrogen and oxygen atoms in total. The molecule has 1 atom stereocenters. The number of amides is 2. The summed E-state index contributed by atoms with van der Waals surface area (Å²) in [6.45, 7) is 7.73. The lowest BCUT2D eigenvalue weighted by Crippen LogP contribution is -2.48. The Morgan fingerprint density at radius 1 is 1.00 bits per heavy atom. The molecule has 0 aliphatic carbocycles. The van der Waals surface area contributed by atoms with Crippen LogP contribution in [0.15, 0.2) is 42.5 Å². The summed E-state index contributed by atoms with van der Waals surface area (Å²) in [5, 5.41) is 2.96. The molecule has 0 bridgehead atoms. The maximum Gasteiger partial charge on any atom is 0.279 e. The van der Waals surface area contributed by atoms with Crippen molar-refractivity contribution in [2.75, 3.05) is 19.0 Å². The van der Waals surface area contributed by atoms with Crippen LogP contribution in [-0.4, -0.2) is 31.6 Å². The van der Waals surface area contributed by atoms with Gasteiger partial charge in [0, 0.05) is 0 Å². The molecule has 0 spiro atoms. The van der Waals surface area contributed by atoms with E-state index in [-0.39, 0.29) is 6.54 Å². The first kappa shape index (κ1) is 22.1. The smallest absolute Gasteiger partial charge is 0.279 e. The number of hydrogen-bond donors (Lipinski definition) is 3. The highest BCUT2D eigenvalue weighted by Crippen LogP contribution is 2.25. The maximum absolute atomic E-state index is 12.3. The van der Waals surface area contributed by atoms with Gasteiger partial charge in [-0.2, -0.15) is 0 Å². The van der Waals surface area contributed by atoms with Gasteiger partial charge in [-0.05, 0) is 49.1 Å². The molecule has 0 aliphatic rings. The number of ether oxygens (including phenoxy) is 2. The van der Waals surface area contributed by atoms with Gasteiger partial charge in [0.25, 0.3) is 11.8 Å². The van der Waals surface area contributed by atoms with Crippen molar-refractivity contribution in [3.8, 4) is 11.5 Å². The molecule has 0 heterocycles. The van der Waals surface area contributed by atoms with E-state index in [1.54, 1.807) is 26.2 Å². The minimum Gasteiger partial charge on any atom is -0.495 e. The van der Waals surface area contributed by atoms with Crippen molar-refractivity contribution < 1.29 is 19.1 Å². The van der Waals surface area contributed by atoms with Gasteiger partial charge in [0.1, 0.15) is 11.5 Å². The molecule has 2 aromatic rings. The van der Waals surface area contributed by atoms with Gasteiger partial charge in [-0.15, -0.1) is 0 Å². The molecule has 156 valence electrons. The first-order chi connectivity index (χ1) is 13.8. The molecular weight excluding hydrogens is 370 g/mol. The molecule has 1 unspecified atom stereocenters. The van der Waals surface area contributed by atoms with E-state index in [0.717, 1.165) is 11.1 Å². The number of aryl methyl sites for hydroxylation is 1. The molecule has 0 saturated carbocycles. The molecule has 7 heteroatoms. The standard InChI is InChI=1S/C22H29N3O4/c1-14(2)17-11-10-15(3)20(12-17)29-16(4)22(27)25-24-21(26)13-23-18-8-6-7-9-19(18)28-5/h6-12,14,16,23H,13H2,1-5H3,(H,24,26)(H,25,27). The molecule has 3 N–H and O–H groups in total. The normalized spacial score (nSPS) is 11.5. The summed E-state index contributed by atoms with van der Waals surface area (Å²) in [5.41, 5.74) is 7.53. The largest absolute Gasteiger partial charge is 0.495 e. The van der Waals surface area contributed by atoms with Crippen LogP contribution in [0.4, 0.5) is 5.69 Å². The van der Waals surface area contributed by atoms with Crippen molar-refractivity contribution in [2.45, 2.75) is 39.7 Å². The second kappa shape index (κ2) is 10.4. The van der Waals surface area contributed by atoms with Crippen LogP contribution in [0.2, 0.25) is 0 Å². The lowest BCUT2D eigenvalue weighted by atomic mass is 10.0. The molecule has 0 aromatic heterocycles. The van der Waals surface area contributed by atoms with Crippen molar-refractivity contribution in [3.05, 3.63) is 53.6 Å². The second-order valence-electron chi connectivity index (χ2n) is 7.03.